The Morgan fingerprint density at radius 2 is 0.588 bits per heavy atom. The second-order valence-electron chi connectivity index (χ2n) is 25.6. The second-order valence-corrected chi connectivity index (χ2v) is 25.6. The molecule has 3 N–H and O–H groups in total. The SMILES string of the molecule is CCCCCCCCCCCCCCCCCCCCCCCCC(O)C(CO)NC(=O)CCCCCCCCCCCCCC/C=C\CCCCCCCCCCCCCCOC(=O)CCCCCCCCCCCCCCC. The maximum Gasteiger partial charge on any atom is 0.305 e. The fourth-order valence-corrected chi connectivity index (χ4v) is 11.9. The van der Waals surface area contributed by atoms with E-state index in [1.807, 2.05) is 0 Å². The van der Waals surface area contributed by atoms with Crippen LogP contribution in [0.25, 0.3) is 0 Å². The molecule has 476 valence electrons. The molecule has 0 aromatic heterocycles. The minimum absolute atomic E-state index is 0.0185. The van der Waals surface area contributed by atoms with Crippen LogP contribution in [0, 0.1) is 0 Å². The smallest absolute Gasteiger partial charge is 0.305 e. The van der Waals surface area contributed by atoms with Crippen molar-refractivity contribution in [3.05, 3.63) is 12.2 Å². The molecule has 0 rings (SSSR count). The van der Waals surface area contributed by atoms with Gasteiger partial charge >= 0.3 is 5.97 Å². The maximum absolute atomic E-state index is 12.6. The average molecular weight is 1130 g/mol. The number of nitrogens with one attached hydrogen (secondary N) is 1. The van der Waals surface area contributed by atoms with Crippen LogP contribution in [-0.4, -0.2) is 47.4 Å². The number of aliphatic hydroxyl groups excluding tert-OH is 2. The third-order valence-corrected chi connectivity index (χ3v) is 17.6. The molecule has 2 atom stereocenters. The van der Waals surface area contributed by atoms with Crippen LogP contribution in [0.5, 0.6) is 0 Å². The van der Waals surface area contributed by atoms with Crippen molar-refractivity contribution in [3.8, 4) is 0 Å². The van der Waals surface area contributed by atoms with E-state index in [4.69, 9.17) is 4.74 Å². The highest BCUT2D eigenvalue weighted by molar-refractivity contribution is 5.76. The number of unbranched alkanes of at least 4 members (excludes halogenated alkanes) is 57. The molecule has 0 aliphatic rings. The monoisotopic (exact) mass is 1130 g/mol. The Labute approximate surface area is 501 Å². The van der Waals surface area contributed by atoms with E-state index in [9.17, 15) is 19.8 Å². The Morgan fingerprint density at radius 1 is 0.338 bits per heavy atom. The lowest BCUT2D eigenvalue weighted by atomic mass is 10.0. The molecule has 0 fully saturated rings. The van der Waals surface area contributed by atoms with E-state index in [1.54, 1.807) is 0 Å². The largest absolute Gasteiger partial charge is 0.466 e. The van der Waals surface area contributed by atoms with Gasteiger partial charge in [-0.25, -0.2) is 0 Å². The van der Waals surface area contributed by atoms with Gasteiger partial charge in [-0.2, -0.15) is 0 Å². The number of hydrogen-bond acceptors (Lipinski definition) is 5. The molecular formula is C74H145NO5. The summed E-state index contributed by atoms with van der Waals surface area (Å²) >= 11 is 0. The van der Waals surface area contributed by atoms with Crippen LogP contribution in [0.1, 0.15) is 425 Å². The first-order valence-electron chi connectivity index (χ1n) is 36.9. The predicted octanol–water partition coefficient (Wildman–Crippen LogP) is 23.9. The minimum Gasteiger partial charge on any atom is -0.466 e. The number of allylic oxidation sites excluding steroid dienone is 2. The van der Waals surface area contributed by atoms with Gasteiger partial charge in [-0.3, -0.25) is 9.59 Å². The van der Waals surface area contributed by atoms with Crippen LogP contribution in [-0.2, 0) is 14.3 Å². The zero-order chi connectivity index (χ0) is 57.8. The van der Waals surface area contributed by atoms with Gasteiger partial charge in [-0.1, -0.05) is 373 Å². The summed E-state index contributed by atoms with van der Waals surface area (Å²) in [7, 11) is 0. The van der Waals surface area contributed by atoms with Crippen LogP contribution >= 0.6 is 0 Å². The summed E-state index contributed by atoms with van der Waals surface area (Å²) in [6, 6.07) is -0.542. The third kappa shape index (κ3) is 65.7. The molecule has 0 spiro atoms. The molecule has 1 amide bonds. The molecular weight excluding hydrogens is 983 g/mol. The van der Waals surface area contributed by atoms with Gasteiger partial charge in [0.2, 0.25) is 5.91 Å². The Bertz CT molecular complexity index is 1210. The van der Waals surface area contributed by atoms with Gasteiger partial charge in [0, 0.05) is 12.8 Å². The van der Waals surface area contributed by atoms with Gasteiger partial charge < -0.3 is 20.3 Å². The van der Waals surface area contributed by atoms with Crippen molar-refractivity contribution in [1.29, 1.82) is 0 Å². The van der Waals surface area contributed by atoms with Gasteiger partial charge in [-0.05, 0) is 51.4 Å². The van der Waals surface area contributed by atoms with Gasteiger partial charge in [0.15, 0.2) is 0 Å². The number of carbonyl (C=O) groups excluding carboxylic acids is 2. The van der Waals surface area contributed by atoms with Gasteiger partial charge in [0.1, 0.15) is 0 Å². The summed E-state index contributed by atoms with van der Waals surface area (Å²) in [6.45, 7) is 5.00. The summed E-state index contributed by atoms with van der Waals surface area (Å²) in [5.41, 5.74) is 0. The van der Waals surface area contributed by atoms with Crippen LogP contribution in [0.3, 0.4) is 0 Å². The van der Waals surface area contributed by atoms with E-state index in [0.29, 0.717) is 25.9 Å². The normalized spacial score (nSPS) is 12.5. The summed E-state index contributed by atoms with van der Waals surface area (Å²) in [4.78, 5) is 24.6. The van der Waals surface area contributed by atoms with E-state index in [0.717, 1.165) is 38.5 Å². The van der Waals surface area contributed by atoms with Crippen molar-refractivity contribution in [2.24, 2.45) is 0 Å². The van der Waals surface area contributed by atoms with Gasteiger partial charge in [0.25, 0.3) is 0 Å². The van der Waals surface area contributed by atoms with Crippen molar-refractivity contribution in [1.82, 2.24) is 5.32 Å². The molecule has 0 aromatic carbocycles. The average Bonchev–Trinajstić information content (AvgIpc) is 3.46. The number of ether oxygens (including phenoxy) is 1. The number of aliphatic hydroxyl groups is 2. The van der Waals surface area contributed by atoms with E-state index < -0.39 is 12.1 Å². The van der Waals surface area contributed by atoms with Crippen molar-refractivity contribution in [2.75, 3.05) is 13.2 Å². The lowest BCUT2D eigenvalue weighted by Crippen LogP contribution is -2.45. The highest BCUT2D eigenvalue weighted by Gasteiger charge is 2.20. The highest BCUT2D eigenvalue weighted by atomic mass is 16.5. The van der Waals surface area contributed by atoms with Gasteiger partial charge in [-0.15, -0.1) is 0 Å². The molecule has 2 unspecified atom stereocenters. The highest BCUT2D eigenvalue weighted by Crippen LogP contribution is 2.19. The summed E-state index contributed by atoms with van der Waals surface area (Å²) in [5, 5.41) is 23.4. The maximum atomic E-state index is 12.6. The molecule has 0 heterocycles. The Kier molecular flexibility index (Phi) is 68.9. The first-order chi connectivity index (χ1) is 39.5. The summed E-state index contributed by atoms with van der Waals surface area (Å²) in [5.74, 6) is -0.0110. The molecule has 6 nitrogen and oxygen atoms in total. The van der Waals surface area contributed by atoms with Crippen molar-refractivity contribution in [3.63, 3.8) is 0 Å². The Balaban J connectivity index is 3.37. The predicted molar refractivity (Wildman–Crippen MR) is 352 cm³/mol. The van der Waals surface area contributed by atoms with Crippen LogP contribution in [0.2, 0.25) is 0 Å². The van der Waals surface area contributed by atoms with Crippen LogP contribution < -0.4 is 5.32 Å². The number of esters is 1. The molecule has 0 bridgehead atoms. The summed E-state index contributed by atoms with van der Waals surface area (Å²) < 4.78 is 5.49. The molecule has 0 radical (unpaired) electrons. The number of carbonyl (C=O) groups is 2. The van der Waals surface area contributed by atoms with E-state index in [1.165, 1.54) is 353 Å². The molecule has 6 heteroatoms. The molecule has 0 aliphatic heterocycles. The minimum atomic E-state index is -0.665. The van der Waals surface area contributed by atoms with Crippen LogP contribution in [0.15, 0.2) is 12.2 Å². The zero-order valence-corrected chi connectivity index (χ0v) is 54.6. The number of amides is 1. The number of hydrogen-bond donors (Lipinski definition) is 3. The standard InChI is InChI=1S/C74H145NO5/c1-3-5-7-9-11-13-15-17-18-19-20-21-30-33-36-39-43-46-50-54-58-62-66-72(77)71(70-76)75-73(78)67-63-59-55-51-47-44-40-37-34-31-28-26-24-22-23-25-27-29-32-35-38-41-45-49-53-57-61-65-69-80-74(79)68-64-60-56-52-48-42-16-14-12-10-8-6-4-2/h22-23,71-72,76-77H,3-21,24-70H2,1-2H3,(H,75,78)/b23-22-. The quantitative estimate of drug-likeness (QED) is 0.0320. The van der Waals surface area contributed by atoms with Crippen molar-refractivity contribution < 1.29 is 24.5 Å². The number of rotatable bonds is 70. The Hall–Kier alpha value is -1.40. The van der Waals surface area contributed by atoms with Crippen LogP contribution in [0.4, 0.5) is 0 Å². The fraction of sp³-hybridized carbons (Fsp3) is 0.946. The molecule has 0 saturated carbocycles. The van der Waals surface area contributed by atoms with E-state index in [-0.39, 0.29) is 18.5 Å². The zero-order valence-electron chi connectivity index (χ0n) is 54.6. The van der Waals surface area contributed by atoms with E-state index in [2.05, 4.69) is 31.3 Å². The van der Waals surface area contributed by atoms with Crippen molar-refractivity contribution >= 4 is 11.9 Å². The topological polar surface area (TPSA) is 95.9 Å². The lowest BCUT2D eigenvalue weighted by molar-refractivity contribution is -0.143. The Morgan fingerprint density at radius 3 is 0.887 bits per heavy atom. The molecule has 0 aliphatic carbocycles. The molecule has 0 saturated heterocycles. The van der Waals surface area contributed by atoms with E-state index >= 15 is 0 Å². The van der Waals surface area contributed by atoms with Crippen molar-refractivity contribution in [2.45, 2.75) is 437 Å². The first kappa shape index (κ1) is 78.6. The molecule has 0 aromatic rings. The third-order valence-electron chi connectivity index (χ3n) is 17.6. The lowest BCUT2D eigenvalue weighted by Gasteiger charge is -2.22. The first-order valence-corrected chi connectivity index (χ1v) is 36.9. The summed E-state index contributed by atoms with van der Waals surface area (Å²) in [6.07, 6.45) is 87.0. The fourth-order valence-electron chi connectivity index (χ4n) is 11.9. The second kappa shape index (κ2) is 70.1. The molecule has 80 heavy (non-hydrogen) atoms. The van der Waals surface area contributed by atoms with Gasteiger partial charge in [0.05, 0.1) is 25.4 Å².